The molecule has 1 aromatic heterocycles. The fourth-order valence-electron chi connectivity index (χ4n) is 4.09. The van der Waals surface area contributed by atoms with Crippen LogP contribution in [-0.4, -0.2) is 41.6 Å². The van der Waals surface area contributed by atoms with E-state index in [9.17, 15) is 9.59 Å². The number of hydrogen-bond acceptors (Lipinski definition) is 5. The van der Waals surface area contributed by atoms with Gasteiger partial charge in [-0.15, -0.1) is 0 Å². The van der Waals surface area contributed by atoms with Crippen molar-refractivity contribution in [3.63, 3.8) is 0 Å². The van der Waals surface area contributed by atoms with Gasteiger partial charge in [0.25, 0.3) is 0 Å². The molecule has 0 saturated carbocycles. The van der Waals surface area contributed by atoms with Crippen LogP contribution in [0.15, 0.2) is 66.9 Å². The Hall–Kier alpha value is -3.91. The maximum atomic E-state index is 12.3. The molecule has 3 N–H and O–H groups in total. The number of anilines is 1. The first kappa shape index (κ1) is 24.2. The summed E-state index contributed by atoms with van der Waals surface area (Å²) < 4.78 is 5.27. The summed E-state index contributed by atoms with van der Waals surface area (Å²) in [5.74, 6) is 0. The van der Waals surface area contributed by atoms with Crippen LogP contribution in [0, 0.1) is 6.92 Å². The van der Waals surface area contributed by atoms with Crippen LogP contribution in [0.25, 0.3) is 0 Å². The van der Waals surface area contributed by atoms with Gasteiger partial charge in [-0.1, -0.05) is 48.5 Å². The Kier molecular flexibility index (Phi) is 8.30. The molecule has 2 heterocycles. The van der Waals surface area contributed by atoms with Crippen LogP contribution in [-0.2, 0) is 30.9 Å². The molecule has 2 aromatic carbocycles. The first-order valence-corrected chi connectivity index (χ1v) is 11.8. The molecule has 4 rings (SSSR count). The first-order valence-electron chi connectivity index (χ1n) is 11.8. The molecule has 1 aliphatic heterocycles. The zero-order valence-electron chi connectivity index (χ0n) is 19.9. The lowest BCUT2D eigenvalue weighted by Crippen LogP contribution is -2.38. The summed E-state index contributed by atoms with van der Waals surface area (Å²) in [5, 5.41) is 8.58. The summed E-state index contributed by atoms with van der Waals surface area (Å²) in [6.45, 7) is 5.61. The van der Waals surface area contributed by atoms with E-state index in [-0.39, 0.29) is 12.6 Å². The molecule has 35 heavy (non-hydrogen) atoms. The van der Waals surface area contributed by atoms with Crippen molar-refractivity contribution in [1.82, 2.24) is 20.5 Å². The van der Waals surface area contributed by atoms with E-state index in [4.69, 9.17) is 4.74 Å². The largest absolute Gasteiger partial charge is 0.445 e. The fourth-order valence-corrected chi connectivity index (χ4v) is 4.09. The Morgan fingerprint density at radius 1 is 1.03 bits per heavy atom. The summed E-state index contributed by atoms with van der Waals surface area (Å²) in [7, 11) is 0. The molecule has 0 bridgehead atoms. The highest BCUT2D eigenvalue weighted by Gasteiger charge is 2.19. The maximum Gasteiger partial charge on any atom is 0.407 e. The summed E-state index contributed by atoms with van der Waals surface area (Å²) in [5.41, 5.74) is 6.20. The Morgan fingerprint density at radius 2 is 1.89 bits per heavy atom. The van der Waals surface area contributed by atoms with Crippen molar-refractivity contribution < 1.29 is 14.3 Å². The van der Waals surface area contributed by atoms with Crippen molar-refractivity contribution in [3.8, 4) is 0 Å². The van der Waals surface area contributed by atoms with Crippen LogP contribution >= 0.6 is 0 Å². The predicted octanol–water partition coefficient (Wildman–Crippen LogP) is 4.00. The third-order valence-electron chi connectivity index (χ3n) is 5.96. The average molecular weight is 474 g/mol. The Balaban J connectivity index is 1.20. The van der Waals surface area contributed by atoms with E-state index >= 15 is 0 Å². The highest BCUT2D eigenvalue weighted by Crippen LogP contribution is 2.22. The van der Waals surface area contributed by atoms with E-state index in [1.165, 1.54) is 11.1 Å². The number of nitrogens with one attached hydrogen (secondary N) is 3. The number of nitrogens with zero attached hydrogens (tertiary/aromatic N) is 2. The number of aryl methyl sites for hydroxylation is 1. The van der Waals surface area contributed by atoms with E-state index in [1.807, 2.05) is 55.5 Å². The lowest BCUT2D eigenvalue weighted by Gasteiger charge is -2.30. The number of carbonyl (C=O) groups excluding carboxylic acids is 2. The summed E-state index contributed by atoms with van der Waals surface area (Å²) in [4.78, 5) is 30.8. The molecule has 0 spiro atoms. The number of rotatable bonds is 8. The van der Waals surface area contributed by atoms with E-state index in [0.29, 0.717) is 18.8 Å². The van der Waals surface area contributed by atoms with Gasteiger partial charge in [0.15, 0.2) is 0 Å². The minimum atomic E-state index is -0.403. The molecule has 8 nitrogen and oxygen atoms in total. The normalized spacial score (nSPS) is 12.9. The standard InChI is InChI=1S/C27H31N5O3/c1-20-10-11-24(17-29-20)31-26(33)30-16-22-8-5-9-23-18-32(14-12-25(22)23)15-13-28-27(34)35-19-21-6-3-2-4-7-21/h2-11,17H,12-16,18-19H2,1H3,(H,28,34)(H2,30,31,33). The Morgan fingerprint density at radius 3 is 2.69 bits per heavy atom. The van der Waals surface area contributed by atoms with Gasteiger partial charge >= 0.3 is 12.1 Å². The van der Waals surface area contributed by atoms with E-state index in [2.05, 4.69) is 38.0 Å². The van der Waals surface area contributed by atoms with E-state index < -0.39 is 6.09 Å². The molecule has 0 radical (unpaired) electrons. The Bertz CT molecular complexity index is 1140. The molecular formula is C27H31N5O3. The summed E-state index contributed by atoms with van der Waals surface area (Å²) >= 11 is 0. The zero-order valence-corrected chi connectivity index (χ0v) is 19.9. The van der Waals surface area contributed by atoms with E-state index in [0.717, 1.165) is 42.9 Å². The van der Waals surface area contributed by atoms with Gasteiger partial charge < -0.3 is 20.7 Å². The molecule has 182 valence electrons. The highest BCUT2D eigenvalue weighted by atomic mass is 16.5. The smallest absolute Gasteiger partial charge is 0.407 e. The highest BCUT2D eigenvalue weighted by molar-refractivity contribution is 5.88. The molecule has 1 aliphatic rings. The summed E-state index contributed by atoms with van der Waals surface area (Å²) in [6.07, 6.45) is 2.14. The van der Waals surface area contributed by atoms with Crippen LogP contribution in [0.4, 0.5) is 15.3 Å². The van der Waals surface area contributed by atoms with Gasteiger partial charge in [-0.05, 0) is 47.7 Å². The second kappa shape index (κ2) is 12.0. The van der Waals surface area contributed by atoms with Crippen molar-refractivity contribution in [3.05, 3.63) is 94.8 Å². The predicted molar refractivity (Wildman–Crippen MR) is 135 cm³/mol. The molecule has 0 aliphatic carbocycles. The van der Waals surface area contributed by atoms with Crippen molar-refractivity contribution >= 4 is 17.8 Å². The number of ether oxygens (including phenoxy) is 1. The lowest BCUT2D eigenvalue weighted by atomic mass is 9.94. The topological polar surface area (TPSA) is 95.6 Å². The molecule has 3 amide bonds. The van der Waals surface area contributed by atoms with Crippen molar-refractivity contribution in [1.29, 1.82) is 0 Å². The van der Waals surface area contributed by atoms with Crippen LogP contribution in [0.2, 0.25) is 0 Å². The van der Waals surface area contributed by atoms with Crippen molar-refractivity contribution in [2.24, 2.45) is 0 Å². The van der Waals surface area contributed by atoms with Gasteiger partial charge in [0.05, 0.1) is 11.9 Å². The minimum absolute atomic E-state index is 0.254. The number of pyridine rings is 1. The number of benzene rings is 2. The van der Waals surface area contributed by atoms with Gasteiger partial charge in [-0.2, -0.15) is 0 Å². The number of urea groups is 1. The number of alkyl carbamates (subject to hydrolysis) is 1. The number of fused-ring (bicyclic) bond motifs is 1. The zero-order chi connectivity index (χ0) is 24.5. The second-order valence-corrected chi connectivity index (χ2v) is 8.57. The van der Waals surface area contributed by atoms with Gasteiger partial charge in [-0.3, -0.25) is 9.88 Å². The van der Waals surface area contributed by atoms with Crippen LogP contribution in [0.5, 0.6) is 0 Å². The molecular weight excluding hydrogens is 442 g/mol. The first-order chi connectivity index (χ1) is 17.1. The third-order valence-corrected chi connectivity index (χ3v) is 5.96. The number of amides is 3. The van der Waals surface area contributed by atoms with Crippen molar-refractivity contribution in [2.45, 2.75) is 33.0 Å². The van der Waals surface area contributed by atoms with Gasteiger partial charge in [0.1, 0.15) is 6.61 Å². The van der Waals surface area contributed by atoms with Crippen molar-refractivity contribution in [2.75, 3.05) is 25.0 Å². The minimum Gasteiger partial charge on any atom is -0.445 e. The number of aromatic nitrogens is 1. The van der Waals surface area contributed by atoms with Gasteiger partial charge in [0, 0.05) is 38.4 Å². The van der Waals surface area contributed by atoms with Crippen LogP contribution in [0.1, 0.15) is 27.9 Å². The second-order valence-electron chi connectivity index (χ2n) is 8.57. The third kappa shape index (κ3) is 7.28. The van der Waals surface area contributed by atoms with Crippen LogP contribution in [0.3, 0.4) is 0 Å². The molecule has 8 heteroatoms. The average Bonchev–Trinajstić information content (AvgIpc) is 2.88. The lowest BCUT2D eigenvalue weighted by molar-refractivity contribution is 0.137. The quantitative estimate of drug-likeness (QED) is 0.460. The van der Waals surface area contributed by atoms with Crippen LogP contribution < -0.4 is 16.0 Å². The Labute approximate surface area is 205 Å². The fraction of sp³-hybridized carbons (Fsp3) is 0.296. The maximum absolute atomic E-state index is 12.3. The molecule has 0 saturated heterocycles. The number of hydrogen-bond donors (Lipinski definition) is 3. The molecule has 0 atom stereocenters. The molecule has 3 aromatic rings. The van der Waals surface area contributed by atoms with Gasteiger partial charge in [0.2, 0.25) is 0 Å². The summed E-state index contributed by atoms with van der Waals surface area (Å²) in [6, 6.07) is 19.3. The SMILES string of the molecule is Cc1ccc(NC(=O)NCc2cccc3c2CCN(CCNC(=O)OCc2ccccc2)C3)cn1. The monoisotopic (exact) mass is 473 g/mol. The van der Waals surface area contributed by atoms with E-state index in [1.54, 1.807) is 6.20 Å². The van der Waals surface area contributed by atoms with Gasteiger partial charge in [-0.25, -0.2) is 9.59 Å². The molecule has 0 unspecified atom stereocenters. The molecule has 0 fully saturated rings. The number of carbonyl (C=O) groups is 2.